The van der Waals surface area contributed by atoms with E-state index in [-0.39, 0.29) is 17.3 Å². The third kappa shape index (κ3) is 6.16. The molecule has 0 aliphatic heterocycles. The lowest BCUT2D eigenvalue weighted by molar-refractivity contribution is -0.118. The smallest absolute Gasteiger partial charge is 0.240 e. The lowest BCUT2D eigenvalue weighted by Gasteiger charge is -2.07. The van der Waals surface area contributed by atoms with Crippen molar-refractivity contribution < 1.29 is 13.2 Å². The van der Waals surface area contributed by atoms with Crippen LogP contribution in [0.2, 0.25) is 5.02 Å². The molecule has 0 saturated carbocycles. The molecule has 2 rings (SSSR count). The molecule has 0 saturated heterocycles. The van der Waals surface area contributed by atoms with E-state index in [9.17, 15) is 13.2 Å². The maximum absolute atomic E-state index is 12.0. The zero-order valence-corrected chi connectivity index (χ0v) is 15.1. The van der Waals surface area contributed by atoms with E-state index >= 15 is 0 Å². The highest BCUT2D eigenvalue weighted by atomic mass is 35.5. The molecule has 0 aromatic heterocycles. The number of carbonyl (C=O) groups is 1. The van der Waals surface area contributed by atoms with Gasteiger partial charge in [0.15, 0.2) is 0 Å². The summed E-state index contributed by atoms with van der Waals surface area (Å²) in [4.78, 5) is 11.9. The Morgan fingerprint density at radius 3 is 2.38 bits per heavy atom. The summed E-state index contributed by atoms with van der Waals surface area (Å²) in [7, 11) is -3.56. The largest absolute Gasteiger partial charge is 0.300 e. The summed E-state index contributed by atoms with van der Waals surface area (Å²) in [5.74, 6) is 0.305. The Bertz CT molecular complexity index is 766. The van der Waals surface area contributed by atoms with E-state index in [2.05, 4.69) is 9.44 Å². The molecule has 1 amide bonds. The molecule has 0 radical (unpaired) electrons. The number of halogens is 1. The molecule has 0 fully saturated rings. The molecule has 8 heteroatoms. The van der Waals surface area contributed by atoms with Gasteiger partial charge in [-0.1, -0.05) is 41.9 Å². The molecular weight excluding hydrogens is 368 g/mol. The Morgan fingerprint density at radius 2 is 1.71 bits per heavy atom. The number of carbonyl (C=O) groups excluding carboxylic acids is 1. The molecule has 0 spiro atoms. The van der Waals surface area contributed by atoms with Crippen molar-refractivity contribution in [3.63, 3.8) is 0 Å². The Balaban J connectivity index is 1.69. The minimum Gasteiger partial charge on any atom is -0.300 e. The lowest BCUT2D eigenvalue weighted by Crippen LogP contribution is -2.27. The van der Waals surface area contributed by atoms with Gasteiger partial charge in [-0.25, -0.2) is 13.1 Å². The van der Waals surface area contributed by atoms with E-state index in [1.54, 1.807) is 0 Å². The van der Waals surface area contributed by atoms with Crippen molar-refractivity contribution in [3.8, 4) is 0 Å². The maximum Gasteiger partial charge on any atom is 0.240 e. The predicted octanol–water partition coefficient (Wildman–Crippen LogP) is 2.63. The number of hydrogen-bond acceptors (Lipinski definition) is 4. The highest BCUT2D eigenvalue weighted by Crippen LogP contribution is 2.13. The molecule has 2 aromatic carbocycles. The Morgan fingerprint density at radius 1 is 1.04 bits per heavy atom. The van der Waals surface area contributed by atoms with Gasteiger partial charge in [0, 0.05) is 17.3 Å². The van der Waals surface area contributed by atoms with Gasteiger partial charge in [0.2, 0.25) is 15.9 Å². The van der Waals surface area contributed by atoms with Gasteiger partial charge in [0.25, 0.3) is 0 Å². The van der Waals surface area contributed by atoms with Crippen LogP contribution in [0.1, 0.15) is 5.56 Å². The van der Waals surface area contributed by atoms with Crippen molar-refractivity contribution >= 4 is 39.5 Å². The van der Waals surface area contributed by atoms with Gasteiger partial charge in [-0.3, -0.25) is 9.52 Å². The number of amides is 1. The van der Waals surface area contributed by atoms with Gasteiger partial charge in [0.1, 0.15) is 0 Å². The maximum atomic E-state index is 12.0. The van der Waals surface area contributed by atoms with Crippen molar-refractivity contribution in [1.82, 2.24) is 9.44 Å². The second-order valence-corrected chi connectivity index (χ2v) is 7.99. The fourth-order valence-electron chi connectivity index (χ4n) is 1.87. The molecule has 0 unspecified atom stereocenters. The minimum absolute atomic E-state index is 0.119. The van der Waals surface area contributed by atoms with Crippen LogP contribution in [0, 0.1) is 0 Å². The van der Waals surface area contributed by atoms with Gasteiger partial charge in [-0.2, -0.15) is 0 Å². The van der Waals surface area contributed by atoms with Crippen LogP contribution in [0.25, 0.3) is 0 Å². The Labute approximate surface area is 151 Å². The summed E-state index contributed by atoms with van der Waals surface area (Å²) in [6, 6.07) is 15.3. The van der Waals surface area contributed by atoms with E-state index in [4.69, 9.17) is 11.6 Å². The molecule has 128 valence electrons. The Kier molecular flexibility index (Phi) is 7.11. The topological polar surface area (TPSA) is 75.3 Å². The van der Waals surface area contributed by atoms with Crippen LogP contribution >= 0.6 is 23.5 Å². The molecule has 0 atom stereocenters. The average Bonchev–Trinajstić information content (AvgIpc) is 2.56. The van der Waals surface area contributed by atoms with Crippen molar-refractivity contribution in [2.75, 3.05) is 12.3 Å². The normalized spacial score (nSPS) is 11.2. The molecule has 0 bridgehead atoms. The highest BCUT2D eigenvalue weighted by Gasteiger charge is 2.12. The van der Waals surface area contributed by atoms with Crippen LogP contribution in [-0.4, -0.2) is 26.6 Å². The van der Waals surface area contributed by atoms with Gasteiger partial charge < -0.3 is 0 Å². The van der Waals surface area contributed by atoms with Crippen LogP contribution in [0.5, 0.6) is 0 Å². The SMILES string of the molecule is O=C(Cc1ccccc1)NSCCNS(=O)(=O)c1ccc(Cl)cc1. The molecule has 5 nitrogen and oxygen atoms in total. The first kappa shape index (κ1) is 18.8. The number of hydrogen-bond donors (Lipinski definition) is 2. The van der Waals surface area contributed by atoms with Gasteiger partial charge in [-0.15, -0.1) is 0 Å². The summed E-state index contributed by atoms with van der Waals surface area (Å²) < 4.78 is 29.2. The van der Waals surface area contributed by atoms with Crippen LogP contribution in [0.15, 0.2) is 59.5 Å². The van der Waals surface area contributed by atoms with Crippen molar-refractivity contribution in [1.29, 1.82) is 0 Å². The van der Waals surface area contributed by atoms with E-state index in [0.29, 0.717) is 17.2 Å². The van der Waals surface area contributed by atoms with E-state index < -0.39 is 10.0 Å². The minimum atomic E-state index is -3.56. The van der Waals surface area contributed by atoms with E-state index in [0.717, 1.165) is 5.56 Å². The number of sulfonamides is 1. The summed E-state index contributed by atoms with van der Waals surface area (Å²) in [5, 5.41) is 0.477. The summed E-state index contributed by atoms with van der Waals surface area (Å²) in [6.07, 6.45) is 0.296. The molecule has 2 aromatic rings. The summed E-state index contributed by atoms with van der Waals surface area (Å²) in [6.45, 7) is 0.210. The van der Waals surface area contributed by atoms with Crippen molar-refractivity contribution in [2.24, 2.45) is 0 Å². The highest BCUT2D eigenvalue weighted by molar-refractivity contribution is 7.98. The third-order valence-corrected chi connectivity index (χ3v) is 5.52. The molecule has 0 aliphatic carbocycles. The average molecular weight is 385 g/mol. The molecule has 24 heavy (non-hydrogen) atoms. The third-order valence-electron chi connectivity index (χ3n) is 3.01. The van der Waals surface area contributed by atoms with Crippen LogP contribution in [-0.2, 0) is 21.2 Å². The zero-order chi connectivity index (χ0) is 17.4. The number of benzene rings is 2. The lowest BCUT2D eigenvalue weighted by atomic mass is 10.1. The van der Waals surface area contributed by atoms with E-state index in [1.165, 1.54) is 36.2 Å². The first-order valence-electron chi connectivity index (χ1n) is 7.17. The standard InChI is InChI=1S/C16H17ClN2O3S2/c17-14-6-8-15(9-7-14)24(21,22)18-10-11-23-19-16(20)12-13-4-2-1-3-5-13/h1-9,18H,10-12H2,(H,19,20). The van der Waals surface area contributed by atoms with Crippen molar-refractivity contribution in [3.05, 3.63) is 65.2 Å². The zero-order valence-electron chi connectivity index (χ0n) is 12.7. The number of rotatable bonds is 8. The predicted molar refractivity (Wildman–Crippen MR) is 97.4 cm³/mol. The molecule has 0 aliphatic rings. The summed E-state index contributed by atoms with van der Waals surface area (Å²) >= 11 is 6.91. The first-order chi connectivity index (χ1) is 11.5. The van der Waals surface area contributed by atoms with Crippen LogP contribution in [0.3, 0.4) is 0 Å². The summed E-state index contributed by atoms with van der Waals surface area (Å²) in [5.41, 5.74) is 0.930. The monoisotopic (exact) mass is 384 g/mol. The second kappa shape index (κ2) is 9.08. The van der Waals surface area contributed by atoms with E-state index in [1.807, 2.05) is 30.3 Å². The van der Waals surface area contributed by atoms with Crippen LogP contribution < -0.4 is 9.44 Å². The first-order valence-corrected chi connectivity index (χ1v) is 10.0. The quantitative estimate of drug-likeness (QED) is 0.542. The van der Waals surface area contributed by atoms with Crippen molar-refractivity contribution in [2.45, 2.75) is 11.3 Å². The van der Waals surface area contributed by atoms with Gasteiger partial charge >= 0.3 is 0 Å². The van der Waals surface area contributed by atoms with Crippen LogP contribution in [0.4, 0.5) is 0 Å². The Hall–Kier alpha value is -1.54. The molecule has 0 heterocycles. The molecule has 2 N–H and O–H groups in total. The second-order valence-electron chi connectivity index (χ2n) is 4.89. The fourth-order valence-corrected chi connectivity index (χ4v) is 3.70. The fraction of sp³-hybridized carbons (Fsp3) is 0.188. The molecular formula is C16H17ClN2O3S2. The van der Waals surface area contributed by atoms with Gasteiger partial charge in [-0.05, 0) is 41.8 Å². The van der Waals surface area contributed by atoms with Gasteiger partial charge in [0.05, 0.1) is 11.3 Å². The number of nitrogens with one attached hydrogen (secondary N) is 2.